The van der Waals surface area contributed by atoms with Crippen LogP contribution in [-0.2, 0) is 6.54 Å². The summed E-state index contributed by atoms with van der Waals surface area (Å²) in [5, 5.41) is 9.33. The predicted molar refractivity (Wildman–Crippen MR) is 120 cm³/mol. The van der Waals surface area contributed by atoms with E-state index in [0.717, 1.165) is 4.57 Å². The summed E-state index contributed by atoms with van der Waals surface area (Å²) in [6.07, 6.45) is -0.464. The first-order chi connectivity index (χ1) is 16.8. The molecule has 0 aliphatic heterocycles. The Bertz CT molecular complexity index is 1560. The van der Waals surface area contributed by atoms with Crippen LogP contribution in [0.5, 0.6) is 11.6 Å². The van der Waals surface area contributed by atoms with Gasteiger partial charge in [0.15, 0.2) is 5.82 Å². The van der Waals surface area contributed by atoms with Crippen LogP contribution >= 0.6 is 11.6 Å². The fraction of sp³-hybridized carbons (Fsp3) is 0.0455. The molecule has 178 valence electrons. The summed E-state index contributed by atoms with van der Waals surface area (Å²) in [6, 6.07) is 15.1. The van der Waals surface area contributed by atoms with Crippen molar-refractivity contribution < 1.29 is 23.9 Å². The van der Waals surface area contributed by atoms with Gasteiger partial charge in [-0.1, -0.05) is 28.5 Å². The zero-order chi connectivity index (χ0) is 24.9. The Morgan fingerprint density at radius 2 is 1.83 bits per heavy atom. The fourth-order valence-corrected chi connectivity index (χ4v) is 3.06. The van der Waals surface area contributed by atoms with Crippen LogP contribution in [0.1, 0.15) is 5.56 Å². The number of nitrogens with one attached hydrogen (secondary N) is 1. The van der Waals surface area contributed by atoms with Gasteiger partial charge in [0.2, 0.25) is 5.62 Å². The van der Waals surface area contributed by atoms with Crippen LogP contribution in [0.2, 0.25) is 5.02 Å². The Balaban J connectivity index is 1.74. The van der Waals surface area contributed by atoms with E-state index < -0.39 is 23.4 Å². The minimum Gasteiger partial charge on any atom is -0.448 e. The Hall–Kier alpha value is -4.71. The normalized spacial score (nSPS) is 11.3. The second kappa shape index (κ2) is 10.1. The van der Waals surface area contributed by atoms with Crippen LogP contribution in [0.25, 0.3) is 0 Å². The first-order valence-corrected chi connectivity index (χ1v) is 10.2. The zero-order valence-corrected chi connectivity index (χ0v) is 18.3. The summed E-state index contributed by atoms with van der Waals surface area (Å²) < 4.78 is 20.2. The van der Waals surface area contributed by atoms with E-state index in [9.17, 15) is 18.8 Å². The maximum atomic E-state index is 13.7. The first-order valence-electron chi connectivity index (χ1n) is 9.85. The minimum absolute atomic E-state index is 0.0651. The molecule has 13 heteroatoms. The van der Waals surface area contributed by atoms with Crippen LogP contribution in [-0.4, -0.2) is 30.5 Å². The molecule has 11 nitrogen and oxygen atoms in total. The standard InChI is InChI=1S/C22H15ClFN5O6/c23-14-5-3-13(4-6-14)12-28-19(27-20(30)29(21(28)31)35-22(32)33)26-15-7-9-16(10-8-15)34-18-17(24)2-1-11-25-18/h1-11H,12H2,(H,32,33)(H,26,27,30). The van der Waals surface area contributed by atoms with E-state index in [-0.39, 0.29) is 28.5 Å². The predicted octanol–water partition coefficient (Wildman–Crippen LogP) is 2.71. The van der Waals surface area contributed by atoms with Gasteiger partial charge in [-0.15, -0.1) is 0 Å². The number of halogens is 2. The van der Waals surface area contributed by atoms with Crippen molar-refractivity contribution in [2.24, 2.45) is 4.99 Å². The van der Waals surface area contributed by atoms with Gasteiger partial charge >= 0.3 is 17.5 Å². The second-order valence-corrected chi connectivity index (χ2v) is 7.34. The van der Waals surface area contributed by atoms with Crippen molar-refractivity contribution in [2.45, 2.75) is 6.54 Å². The molecular formula is C22H15ClFN5O6. The molecule has 0 atom stereocenters. The summed E-state index contributed by atoms with van der Waals surface area (Å²) in [5.74, 6) is -0.565. The molecule has 0 bridgehead atoms. The number of hydrogen-bond acceptors (Lipinski definition) is 7. The first kappa shape index (κ1) is 23.4. The molecule has 0 amide bonds. The highest BCUT2D eigenvalue weighted by Crippen LogP contribution is 2.24. The summed E-state index contributed by atoms with van der Waals surface area (Å²) in [6.45, 7) is -0.0885. The second-order valence-electron chi connectivity index (χ2n) is 6.90. The molecule has 2 heterocycles. The molecule has 0 aliphatic carbocycles. The molecule has 4 rings (SSSR count). The number of hydrogen-bond donors (Lipinski definition) is 2. The summed E-state index contributed by atoms with van der Waals surface area (Å²) in [7, 11) is 0. The van der Waals surface area contributed by atoms with E-state index in [1.54, 1.807) is 24.3 Å². The third kappa shape index (κ3) is 5.62. The molecule has 2 aromatic heterocycles. The highest BCUT2D eigenvalue weighted by atomic mass is 35.5. The number of benzene rings is 2. The maximum Gasteiger partial charge on any atom is 0.531 e. The van der Waals surface area contributed by atoms with Gasteiger partial charge in [-0.3, -0.25) is 14.4 Å². The lowest BCUT2D eigenvalue weighted by molar-refractivity contribution is 0.0684. The monoisotopic (exact) mass is 499 g/mol. The van der Waals surface area contributed by atoms with E-state index in [0.29, 0.717) is 16.3 Å². The van der Waals surface area contributed by atoms with Crippen molar-refractivity contribution in [3.8, 4) is 11.6 Å². The van der Waals surface area contributed by atoms with Crippen LogP contribution in [0.3, 0.4) is 0 Å². The van der Waals surface area contributed by atoms with Gasteiger partial charge in [-0.25, -0.2) is 28.8 Å². The topological polar surface area (TPSA) is 141 Å². The van der Waals surface area contributed by atoms with E-state index in [1.807, 2.05) is 0 Å². The molecule has 0 saturated carbocycles. The summed E-state index contributed by atoms with van der Waals surface area (Å²) in [4.78, 5) is 50.8. The highest BCUT2D eigenvalue weighted by Gasteiger charge is 2.14. The number of aromatic nitrogens is 4. The number of ether oxygens (including phenoxy) is 1. The molecule has 0 aliphatic rings. The molecule has 0 unspecified atom stereocenters. The summed E-state index contributed by atoms with van der Waals surface area (Å²) in [5.41, 5.74) is -1.48. The van der Waals surface area contributed by atoms with E-state index in [4.69, 9.17) is 21.4 Å². The summed E-state index contributed by atoms with van der Waals surface area (Å²) >= 11 is 5.90. The fourth-order valence-electron chi connectivity index (χ4n) is 2.93. The quantitative estimate of drug-likeness (QED) is 0.415. The van der Waals surface area contributed by atoms with Crippen LogP contribution in [0, 0.1) is 5.82 Å². The Morgan fingerprint density at radius 3 is 2.49 bits per heavy atom. The number of aromatic amines is 1. The molecule has 0 radical (unpaired) electrons. The molecule has 0 spiro atoms. The lowest BCUT2D eigenvalue weighted by Gasteiger charge is -2.10. The Labute approximate surface area is 199 Å². The Kier molecular flexibility index (Phi) is 6.73. The average molecular weight is 500 g/mol. The third-order valence-electron chi connectivity index (χ3n) is 4.50. The van der Waals surface area contributed by atoms with Gasteiger partial charge in [-0.2, -0.15) is 0 Å². The van der Waals surface area contributed by atoms with Crippen LogP contribution in [0.15, 0.2) is 81.4 Å². The number of carboxylic acid groups (broad SMARTS) is 1. The molecule has 2 aromatic carbocycles. The van der Waals surface area contributed by atoms with Gasteiger partial charge in [0.1, 0.15) is 5.75 Å². The largest absolute Gasteiger partial charge is 0.531 e. The van der Waals surface area contributed by atoms with Crippen molar-refractivity contribution in [3.05, 3.63) is 110 Å². The lowest BCUT2D eigenvalue weighted by Crippen LogP contribution is -2.53. The Morgan fingerprint density at radius 1 is 1.11 bits per heavy atom. The lowest BCUT2D eigenvalue weighted by atomic mass is 10.2. The van der Waals surface area contributed by atoms with Crippen LogP contribution < -0.4 is 26.6 Å². The molecular weight excluding hydrogens is 485 g/mol. The van der Waals surface area contributed by atoms with E-state index >= 15 is 0 Å². The van der Waals surface area contributed by atoms with Crippen LogP contribution in [0.4, 0.5) is 14.9 Å². The molecule has 0 fully saturated rings. The number of carbonyl (C=O) groups is 1. The van der Waals surface area contributed by atoms with Crippen molar-refractivity contribution >= 4 is 23.4 Å². The number of H-pyrrole nitrogens is 1. The molecule has 2 N–H and O–H groups in total. The van der Waals surface area contributed by atoms with Gasteiger partial charge in [0.25, 0.3) is 5.88 Å². The minimum atomic E-state index is -1.85. The van der Waals surface area contributed by atoms with E-state index in [2.05, 4.69) is 19.8 Å². The van der Waals surface area contributed by atoms with Gasteiger partial charge in [0, 0.05) is 11.2 Å². The molecule has 35 heavy (non-hydrogen) atoms. The van der Waals surface area contributed by atoms with Crippen molar-refractivity contribution in [1.29, 1.82) is 0 Å². The molecule has 0 saturated heterocycles. The van der Waals surface area contributed by atoms with Gasteiger partial charge in [0.05, 0.1) is 12.2 Å². The van der Waals surface area contributed by atoms with Gasteiger partial charge < -0.3 is 9.84 Å². The van der Waals surface area contributed by atoms with E-state index in [1.165, 1.54) is 42.6 Å². The number of nitrogens with zero attached hydrogens (tertiary/aromatic N) is 4. The maximum absolute atomic E-state index is 13.7. The smallest absolute Gasteiger partial charge is 0.448 e. The van der Waals surface area contributed by atoms with Gasteiger partial charge in [-0.05, 0) is 54.1 Å². The van der Waals surface area contributed by atoms with Crippen molar-refractivity contribution in [3.63, 3.8) is 0 Å². The van der Waals surface area contributed by atoms with Crippen molar-refractivity contribution in [2.75, 3.05) is 0 Å². The SMILES string of the molecule is O=C(O)On1c(=O)[nH]/c(=N\c2ccc(Oc3ncccc3F)cc2)n(Cc2ccc(Cl)cc2)c1=O. The highest BCUT2D eigenvalue weighted by molar-refractivity contribution is 6.30. The van der Waals surface area contributed by atoms with Crippen molar-refractivity contribution in [1.82, 2.24) is 19.3 Å². The average Bonchev–Trinajstić information content (AvgIpc) is 2.83. The third-order valence-corrected chi connectivity index (χ3v) is 4.75. The molecule has 4 aromatic rings. The number of rotatable bonds is 6. The zero-order valence-electron chi connectivity index (χ0n) is 17.6. The number of pyridine rings is 1.